The molecule has 0 aromatic heterocycles. The minimum absolute atomic E-state index is 0.0617. The Bertz CT molecular complexity index is 394. The summed E-state index contributed by atoms with van der Waals surface area (Å²) in [6, 6.07) is 5.73. The van der Waals surface area contributed by atoms with Gasteiger partial charge >= 0.3 is 0 Å². The van der Waals surface area contributed by atoms with Crippen molar-refractivity contribution in [2.75, 3.05) is 6.54 Å². The fourth-order valence-electron chi connectivity index (χ4n) is 2.88. The normalized spacial score (nSPS) is 24.2. The van der Waals surface area contributed by atoms with Crippen molar-refractivity contribution in [2.45, 2.75) is 51.0 Å². The van der Waals surface area contributed by atoms with E-state index in [9.17, 15) is 4.39 Å². The molecule has 3 heteroatoms. The molecule has 1 aliphatic carbocycles. The van der Waals surface area contributed by atoms with Gasteiger partial charge in [-0.3, -0.25) is 0 Å². The number of nitrogens with one attached hydrogen (secondary N) is 1. The zero-order chi connectivity index (χ0) is 13.0. The molecule has 1 aromatic rings. The molecule has 2 atom stereocenters. The Kier molecular flexibility index (Phi) is 5.19. The topological polar surface area (TPSA) is 12.0 Å². The molecule has 0 heterocycles. The maximum absolute atomic E-state index is 14.0. The molecular formula is C15H21BrFN. The molecule has 1 N–H and O–H groups in total. The van der Waals surface area contributed by atoms with Crippen LogP contribution in [0.3, 0.4) is 0 Å². The molecule has 1 aromatic carbocycles. The van der Waals surface area contributed by atoms with E-state index in [-0.39, 0.29) is 5.82 Å². The number of hydrogen-bond acceptors (Lipinski definition) is 1. The van der Waals surface area contributed by atoms with Crippen molar-refractivity contribution >= 4 is 15.9 Å². The molecular weight excluding hydrogens is 293 g/mol. The summed E-state index contributed by atoms with van der Waals surface area (Å²) in [5.41, 5.74) is 0.873. The highest BCUT2D eigenvalue weighted by atomic mass is 79.9. The first-order valence-corrected chi connectivity index (χ1v) is 7.70. The van der Waals surface area contributed by atoms with Gasteiger partial charge in [0.15, 0.2) is 0 Å². The fourth-order valence-corrected chi connectivity index (χ4v) is 3.25. The third-order valence-electron chi connectivity index (χ3n) is 3.78. The second kappa shape index (κ2) is 6.67. The van der Waals surface area contributed by atoms with Crippen LogP contribution in [0.1, 0.15) is 50.5 Å². The van der Waals surface area contributed by atoms with E-state index in [4.69, 9.17) is 0 Å². The Morgan fingerprint density at radius 2 is 2.11 bits per heavy atom. The van der Waals surface area contributed by atoms with Crippen LogP contribution in [0.5, 0.6) is 0 Å². The Morgan fingerprint density at radius 3 is 2.89 bits per heavy atom. The Balaban J connectivity index is 2.19. The summed E-state index contributed by atoms with van der Waals surface area (Å²) >= 11 is 3.45. The first-order chi connectivity index (χ1) is 8.72. The molecule has 18 heavy (non-hydrogen) atoms. The second-order valence-electron chi connectivity index (χ2n) is 5.12. The fraction of sp³-hybridized carbons (Fsp3) is 0.600. The van der Waals surface area contributed by atoms with Gasteiger partial charge in [0.25, 0.3) is 0 Å². The lowest BCUT2D eigenvalue weighted by Gasteiger charge is -2.33. The maximum Gasteiger partial charge on any atom is 0.126 e. The summed E-state index contributed by atoms with van der Waals surface area (Å²) in [4.78, 5) is 0. The number of rotatable bonds is 4. The van der Waals surface area contributed by atoms with E-state index in [1.807, 2.05) is 6.07 Å². The summed E-state index contributed by atoms with van der Waals surface area (Å²) in [6.45, 7) is 3.20. The molecule has 0 bridgehead atoms. The average Bonchev–Trinajstić information content (AvgIpc) is 2.39. The molecule has 100 valence electrons. The third kappa shape index (κ3) is 3.33. The Morgan fingerprint density at radius 1 is 1.33 bits per heavy atom. The van der Waals surface area contributed by atoms with E-state index >= 15 is 0 Å². The van der Waals surface area contributed by atoms with Crippen LogP contribution in [0.25, 0.3) is 0 Å². The van der Waals surface area contributed by atoms with Gasteiger partial charge in [-0.25, -0.2) is 4.39 Å². The molecule has 1 saturated carbocycles. The minimum Gasteiger partial charge on any atom is -0.313 e. The van der Waals surface area contributed by atoms with E-state index < -0.39 is 0 Å². The lowest BCUT2D eigenvalue weighted by Crippen LogP contribution is -2.38. The predicted molar refractivity (Wildman–Crippen MR) is 77.4 cm³/mol. The molecule has 1 fully saturated rings. The van der Waals surface area contributed by atoms with Crippen LogP contribution >= 0.6 is 15.9 Å². The first-order valence-electron chi connectivity index (χ1n) is 6.90. The average molecular weight is 314 g/mol. The molecule has 0 radical (unpaired) electrons. The maximum atomic E-state index is 14.0. The second-order valence-corrected chi connectivity index (χ2v) is 6.03. The lowest BCUT2D eigenvalue weighted by atomic mass is 9.79. The van der Waals surface area contributed by atoms with E-state index in [0.29, 0.717) is 12.0 Å². The minimum atomic E-state index is -0.0617. The Labute approximate surface area is 117 Å². The summed E-state index contributed by atoms with van der Waals surface area (Å²) in [5, 5.41) is 3.58. The smallest absolute Gasteiger partial charge is 0.126 e. The number of hydrogen-bond donors (Lipinski definition) is 1. The van der Waals surface area contributed by atoms with Crippen LogP contribution in [0.4, 0.5) is 4.39 Å². The zero-order valence-electron chi connectivity index (χ0n) is 10.9. The highest BCUT2D eigenvalue weighted by Gasteiger charge is 2.27. The molecule has 0 aliphatic heterocycles. The van der Waals surface area contributed by atoms with E-state index in [0.717, 1.165) is 35.8 Å². The van der Waals surface area contributed by atoms with Gasteiger partial charge in [0.05, 0.1) is 0 Å². The highest BCUT2D eigenvalue weighted by Crippen LogP contribution is 2.35. The monoisotopic (exact) mass is 313 g/mol. The zero-order valence-corrected chi connectivity index (χ0v) is 12.5. The van der Waals surface area contributed by atoms with Crippen LogP contribution in [-0.2, 0) is 0 Å². The summed E-state index contributed by atoms with van der Waals surface area (Å²) < 4.78 is 15.0. The number of benzene rings is 1. The van der Waals surface area contributed by atoms with Gasteiger partial charge < -0.3 is 5.32 Å². The van der Waals surface area contributed by atoms with E-state index in [2.05, 4.69) is 28.2 Å². The van der Waals surface area contributed by atoms with Crippen molar-refractivity contribution < 1.29 is 4.39 Å². The molecule has 1 nitrogen and oxygen atoms in total. The van der Waals surface area contributed by atoms with Crippen molar-refractivity contribution in [3.63, 3.8) is 0 Å². The van der Waals surface area contributed by atoms with Crippen molar-refractivity contribution in [3.05, 3.63) is 34.1 Å². The largest absolute Gasteiger partial charge is 0.313 e. The predicted octanol–water partition coefficient (Wildman–Crippen LogP) is 4.61. The van der Waals surface area contributed by atoms with Gasteiger partial charge in [-0.05, 0) is 49.6 Å². The van der Waals surface area contributed by atoms with Crippen LogP contribution in [-0.4, -0.2) is 12.6 Å². The summed E-state index contributed by atoms with van der Waals surface area (Å²) in [5.74, 6) is 0.260. The molecule has 2 rings (SSSR count). The quantitative estimate of drug-likeness (QED) is 0.855. The standard InChI is InChI=1S/C15H21BrFN/c1-2-9-18-15-6-4-3-5-12(15)13-10-11(16)7-8-14(13)17/h7-8,10,12,15,18H,2-6,9H2,1H3. The van der Waals surface area contributed by atoms with Crippen molar-refractivity contribution in [1.29, 1.82) is 0 Å². The van der Waals surface area contributed by atoms with Gasteiger partial charge in [0.2, 0.25) is 0 Å². The van der Waals surface area contributed by atoms with Crippen molar-refractivity contribution in [1.82, 2.24) is 5.32 Å². The molecule has 0 spiro atoms. The molecule has 0 amide bonds. The highest BCUT2D eigenvalue weighted by molar-refractivity contribution is 9.10. The van der Waals surface area contributed by atoms with Gasteiger partial charge in [0, 0.05) is 16.4 Å². The molecule has 0 saturated heterocycles. The van der Waals surface area contributed by atoms with Crippen LogP contribution in [0.2, 0.25) is 0 Å². The van der Waals surface area contributed by atoms with E-state index in [1.54, 1.807) is 12.1 Å². The SMILES string of the molecule is CCCNC1CCCCC1c1cc(Br)ccc1F. The van der Waals surface area contributed by atoms with Gasteiger partial charge in [-0.1, -0.05) is 35.7 Å². The van der Waals surface area contributed by atoms with Crippen molar-refractivity contribution in [3.8, 4) is 0 Å². The van der Waals surface area contributed by atoms with Gasteiger partial charge in [-0.2, -0.15) is 0 Å². The summed E-state index contributed by atoms with van der Waals surface area (Å²) in [6.07, 6.45) is 5.85. The van der Waals surface area contributed by atoms with E-state index in [1.165, 1.54) is 12.8 Å². The van der Waals surface area contributed by atoms with Gasteiger partial charge in [0.1, 0.15) is 5.82 Å². The molecule has 1 aliphatic rings. The van der Waals surface area contributed by atoms with Gasteiger partial charge in [-0.15, -0.1) is 0 Å². The van der Waals surface area contributed by atoms with Crippen LogP contribution in [0.15, 0.2) is 22.7 Å². The third-order valence-corrected chi connectivity index (χ3v) is 4.27. The van der Waals surface area contributed by atoms with Crippen LogP contribution < -0.4 is 5.32 Å². The Hall–Kier alpha value is -0.410. The lowest BCUT2D eigenvalue weighted by molar-refractivity contribution is 0.322. The van der Waals surface area contributed by atoms with Crippen LogP contribution in [0, 0.1) is 5.82 Å². The summed E-state index contributed by atoms with van der Waals surface area (Å²) in [7, 11) is 0. The number of halogens is 2. The molecule has 2 unspecified atom stereocenters. The first kappa shape index (κ1) is 14.0. The van der Waals surface area contributed by atoms with Crippen molar-refractivity contribution in [2.24, 2.45) is 0 Å².